The van der Waals surface area contributed by atoms with Gasteiger partial charge in [0.25, 0.3) is 5.91 Å². The summed E-state index contributed by atoms with van der Waals surface area (Å²) in [5.41, 5.74) is 6.12. The van der Waals surface area contributed by atoms with E-state index in [9.17, 15) is 4.79 Å². The van der Waals surface area contributed by atoms with Crippen molar-refractivity contribution in [2.45, 2.75) is 13.5 Å². The number of fused-ring (bicyclic) bond motifs is 1. The van der Waals surface area contributed by atoms with Crippen LogP contribution in [0.1, 0.15) is 27.0 Å². The Balaban J connectivity index is 1.35. The zero-order valence-corrected chi connectivity index (χ0v) is 16.7. The second-order valence-electron chi connectivity index (χ2n) is 7.01. The van der Waals surface area contributed by atoms with E-state index in [2.05, 4.69) is 34.8 Å². The molecule has 1 amide bonds. The summed E-state index contributed by atoms with van der Waals surface area (Å²) < 4.78 is 5.95. The maximum Gasteiger partial charge on any atom is 0.271 e. The average Bonchev–Trinajstić information content (AvgIpc) is 2.79. The van der Waals surface area contributed by atoms with Crippen molar-refractivity contribution in [1.29, 1.82) is 0 Å². The Hall–Kier alpha value is -3.92. The summed E-state index contributed by atoms with van der Waals surface area (Å²) in [5, 5.41) is 6.46. The monoisotopic (exact) mass is 394 g/mol. The molecule has 0 aromatic heterocycles. The molecular formula is C26H22N2O2. The fourth-order valence-corrected chi connectivity index (χ4v) is 3.28. The quantitative estimate of drug-likeness (QED) is 0.347. The molecule has 0 fully saturated rings. The van der Waals surface area contributed by atoms with Crippen LogP contribution in [0.15, 0.2) is 96.1 Å². The number of carbonyl (C=O) groups is 1. The van der Waals surface area contributed by atoms with Gasteiger partial charge in [-0.05, 0) is 64.7 Å². The second kappa shape index (κ2) is 9.05. The molecule has 4 heteroatoms. The van der Waals surface area contributed by atoms with E-state index in [0.717, 1.165) is 22.4 Å². The minimum Gasteiger partial charge on any atom is -0.489 e. The Morgan fingerprint density at radius 1 is 0.900 bits per heavy atom. The Morgan fingerprint density at radius 2 is 1.63 bits per heavy atom. The number of rotatable bonds is 6. The van der Waals surface area contributed by atoms with Crippen LogP contribution < -0.4 is 10.2 Å². The number of aryl methyl sites for hydroxylation is 1. The van der Waals surface area contributed by atoms with Crippen molar-refractivity contribution in [3.63, 3.8) is 0 Å². The minimum atomic E-state index is -0.223. The Kier molecular flexibility index (Phi) is 5.85. The highest BCUT2D eigenvalue weighted by molar-refractivity contribution is 5.96. The van der Waals surface area contributed by atoms with Crippen molar-refractivity contribution in [3.05, 3.63) is 113 Å². The zero-order valence-electron chi connectivity index (χ0n) is 16.7. The molecule has 4 rings (SSSR count). The first-order valence-corrected chi connectivity index (χ1v) is 9.79. The summed E-state index contributed by atoms with van der Waals surface area (Å²) in [6.07, 6.45) is 1.62. The molecule has 4 aromatic rings. The van der Waals surface area contributed by atoms with Gasteiger partial charge in [-0.25, -0.2) is 5.43 Å². The van der Waals surface area contributed by atoms with E-state index in [4.69, 9.17) is 4.74 Å². The van der Waals surface area contributed by atoms with Crippen LogP contribution in [0.4, 0.5) is 0 Å². The van der Waals surface area contributed by atoms with E-state index in [1.807, 2.05) is 67.6 Å². The SMILES string of the molecule is Cc1ccccc1C(=O)N/N=C/c1ccc(OCc2cccc3ccccc23)cc1. The smallest absolute Gasteiger partial charge is 0.271 e. The second-order valence-corrected chi connectivity index (χ2v) is 7.01. The van der Waals surface area contributed by atoms with Gasteiger partial charge < -0.3 is 4.74 Å². The molecule has 0 radical (unpaired) electrons. The predicted molar refractivity (Wildman–Crippen MR) is 121 cm³/mol. The first-order valence-electron chi connectivity index (χ1n) is 9.79. The van der Waals surface area contributed by atoms with Crippen LogP contribution in [0.3, 0.4) is 0 Å². The summed E-state index contributed by atoms with van der Waals surface area (Å²) >= 11 is 0. The lowest BCUT2D eigenvalue weighted by atomic mass is 10.1. The van der Waals surface area contributed by atoms with E-state index in [0.29, 0.717) is 12.2 Å². The first-order chi connectivity index (χ1) is 14.7. The average molecular weight is 394 g/mol. The van der Waals surface area contributed by atoms with Gasteiger partial charge in [-0.3, -0.25) is 4.79 Å². The number of hydrazone groups is 1. The molecule has 0 saturated heterocycles. The fraction of sp³-hybridized carbons (Fsp3) is 0.0769. The summed E-state index contributed by atoms with van der Waals surface area (Å²) in [5.74, 6) is 0.559. The van der Waals surface area contributed by atoms with E-state index in [1.54, 1.807) is 12.3 Å². The number of carbonyl (C=O) groups excluding carboxylic acids is 1. The molecule has 148 valence electrons. The van der Waals surface area contributed by atoms with Crippen molar-refractivity contribution >= 4 is 22.9 Å². The van der Waals surface area contributed by atoms with Gasteiger partial charge in [0.05, 0.1) is 6.21 Å². The Bertz CT molecular complexity index is 1190. The molecule has 1 N–H and O–H groups in total. The number of nitrogens with one attached hydrogen (secondary N) is 1. The predicted octanol–water partition coefficient (Wildman–Crippen LogP) is 5.49. The van der Waals surface area contributed by atoms with Crippen LogP contribution in [-0.2, 0) is 6.61 Å². The minimum absolute atomic E-state index is 0.223. The third-order valence-electron chi connectivity index (χ3n) is 4.92. The molecule has 0 unspecified atom stereocenters. The number of amides is 1. The number of nitrogens with zero attached hydrogens (tertiary/aromatic N) is 1. The third-order valence-corrected chi connectivity index (χ3v) is 4.92. The molecule has 0 bridgehead atoms. The van der Waals surface area contributed by atoms with Gasteiger partial charge in [-0.15, -0.1) is 0 Å². The number of benzene rings is 4. The molecule has 4 aromatic carbocycles. The number of hydrogen-bond acceptors (Lipinski definition) is 3. The lowest BCUT2D eigenvalue weighted by molar-refractivity contribution is 0.0954. The lowest BCUT2D eigenvalue weighted by Gasteiger charge is -2.09. The molecule has 4 nitrogen and oxygen atoms in total. The van der Waals surface area contributed by atoms with E-state index >= 15 is 0 Å². The molecule has 0 spiro atoms. The van der Waals surface area contributed by atoms with Crippen LogP contribution in [0.2, 0.25) is 0 Å². The van der Waals surface area contributed by atoms with Crippen molar-refractivity contribution < 1.29 is 9.53 Å². The lowest BCUT2D eigenvalue weighted by Crippen LogP contribution is -2.18. The van der Waals surface area contributed by atoms with E-state index < -0.39 is 0 Å². The maximum atomic E-state index is 12.2. The van der Waals surface area contributed by atoms with Crippen molar-refractivity contribution in [1.82, 2.24) is 5.43 Å². The molecule has 0 aliphatic carbocycles. The normalized spacial score (nSPS) is 11.0. The largest absolute Gasteiger partial charge is 0.489 e. The van der Waals surface area contributed by atoms with Gasteiger partial charge in [0.1, 0.15) is 12.4 Å². The molecular weight excluding hydrogens is 372 g/mol. The van der Waals surface area contributed by atoms with Crippen molar-refractivity contribution in [3.8, 4) is 5.75 Å². The van der Waals surface area contributed by atoms with Gasteiger partial charge in [-0.2, -0.15) is 5.10 Å². The molecule has 30 heavy (non-hydrogen) atoms. The van der Waals surface area contributed by atoms with Crippen molar-refractivity contribution in [2.24, 2.45) is 5.10 Å². The van der Waals surface area contributed by atoms with Gasteiger partial charge >= 0.3 is 0 Å². The van der Waals surface area contributed by atoms with E-state index in [-0.39, 0.29) is 5.91 Å². The highest BCUT2D eigenvalue weighted by Crippen LogP contribution is 2.21. The van der Waals surface area contributed by atoms with E-state index in [1.165, 1.54) is 10.8 Å². The Morgan fingerprint density at radius 3 is 2.47 bits per heavy atom. The standard InChI is InChI=1S/C26H22N2O2/c1-19-7-2-4-11-24(19)26(29)28-27-17-20-13-15-23(16-14-20)30-18-22-10-6-9-21-8-3-5-12-25(21)22/h2-17H,18H2,1H3,(H,28,29)/b27-17+. The number of ether oxygens (including phenoxy) is 1. The van der Waals surface area contributed by atoms with Gasteiger partial charge in [0, 0.05) is 5.56 Å². The molecule has 0 heterocycles. The summed E-state index contributed by atoms with van der Waals surface area (Å²) in [6.45, 7) is 2.40. The van der Waals surface area contributed by atoms with Gasteiger partial charge in [0.2, 0.25) is 0 Å². The zero-order chi connectivity index (χ0) is 20.8. The maximum absolute atomic E-state index is 12.2. The summed E-state index contributed by atoms with van der Waals surface area (Å²) in [4.78, 5) is 12.2. The molecule has 0 aliphatic rings. The van der Waals surface area contributed by atoms with Crippen LogP contribution >= 0.6 is 0 Å². The van der Waals surface area contributed by atoms with Crippen LogP contribution in [0.5, 0.6) is 5.75 Å². The van der Waals surface area contributed by atoms with Crippen LogP contribution in [-0.4, -0.2) is 12.1 Å². The topological polar surface area (TPSA) is 50.7 Å². The summed E-state index contributed by atoms with van der Waals surface area (Å²) in [7, 11) is 0. The third kappa shape index (κ3) is 4.55. The van der Waals surface area contributed by atoms with Crippen molar-refractivity contribution in [2.75, 3.05) is 0 Å². The molecule has 0 atom stereocenters. The summed E-state index contributed by atoms with van der Waals surface area (Å²) in [6, 6.07) is 29.5. The highest BCUT2D eigenvalue weighted by Gasteiger charge is 2.06. The fourth-order valence-electron chi connectivity index (χ4n) is 3.28. The van der Waals surface area contributed by atoms with Crippen LogP contribution in [0.25, 0.3) is 10.8 Å². The molecule has 0 saturated carbocycles. The van der Waals surface area contributed by atoms with Gasteiger partial charge in [-0.1, -0.05) is 60.7 Å². The molecule has 0 aliphatic heterocycles. The number of hydrogen-bond donors (Lipinski definition) is 1. The van der Waals surface area contributed by atoms with Crippen LogP contribution in [0, 0.1) is 6.92 Å². The highest BCUT2D eigenvalue weighted by atomic mass is 16.5. The Labute approximate surface area is 175 Å². The van der Waals surface area contributed by atoms with Gasteiger partial charge in [0.15, 0.2) is 0 Å². The first kappa shape index (κ1) is 19.4.